The summed E-state index contributed by atoms with van der Waals surface area (Å²) in [5, 5.41) is 56.6. The molecular weight excluding hydrogens is 700 g/mol. The largest absolute Gasteiger partial charge is 0.490 e. The number of carbonyl (C=O) groups excluding carboxylic acids is 2. The van der Waals surface area contributed by atoms with Crippen molar-refractivity contribution in [3.63, 3.8) is 0 Å². The summed E-state index contributed by atoms with van der Waals surface area (Å²) >= 11 is 6.72. The van der Waals surface area contributed by atoms with Crippen LogP contribution in [-0.4, -0.2) is 104 Å². The maximum absolute atomic E-state index is 13.3. The van der Waals surface area contributed by atoms with E-state index in [0.29, 0.717) is 24.4 Å². The standard InChI is InChI=1S/C40H53ClN4O8/c1-25(6-5-9-37(50)45(19-15-36(49)42-2)23-33(47)38(51)39(52)34(48)24-46)26-10-13-32(41)27(20-26)21-44-40(16-17-40)31-22-43-18-14-29(31)30-7-3-4-8-35(30)53-28-11-12-28/h3-4,7-8,10,13-14,18,20,22,25,28,33-34,38-39,44,46-48,51-52H,5-6,9,11-12,15-17,19,21,23-24H2,1-2H3,(H,42,49)/t25?,33-,34+,38+,39+/m0/s1. The molecule has 12 nitrogen and oxygen atoms in total. The molecule has 2 aliphatic rings. The molecule has 53 heavy (non-hydrogen) atoms. The first-order chi connectivity index (χ1) is 25.5. The zero-order chi connectivity index (χ0) is 38.1. The summed E-state index contributed by atoms with van der Waals surface area (Å²) in [5.41, 5.74) is 5.15. The van der Waals surface area contributed by atoms with Gasteiger partial charge >= 0.3 is 0 Å². The fourth-order valence-corrected chi connectivity index (χ4v) is 6.78. The lowest BCUT2D eigenvalue weighted by molar-refractivity contribution is -0.140. The molecule has 2 amide bonds. The van der Waals surface area contributed by atoms with Gasteiger partial charge in [0, 0.05) is 68.0 Å². The van der Waals surface area contributed by atoms with E-state index in [9.17, 15) is 30.0 Å². The highest BCUT2D eigenvalue weighted by molar-refractivity contribution is 6.31. The number of halogens is 1. The van der Waals surface area contributed by atoms with E-state index in [4.69, 9.17) is 21.4 Å². The third-order valence-electron chi connectivity index (χ3n) is 10.3. The third-order valence-corrected chi connectivity index (χ3v) is 10.7. The second kappa shape index (κ2) is 18.6. The Morgan fingerprint density at radius 1 is 1.02 bits per heavy atom. The van der Waals surface area contributed by atoms with Crippen molar-refractivity contribution in [3.05, 3.63) is 82.6 Å². The number of rotatable bonds is 21. The van der Waals surface area contributed by atoms with Crippen molar-refractivity contribution in [3.8, 4) is 16.9 Å². The molecule has 2 aliphatic carbocycles. The van der Waals surface area contributed by atoms with Crippen molar-refractivity contribution in [2.24, 2.45) is 0 Å². The molecule has 2 aromatic carbocycles. The lowest BCUT2D eigenvalue weighted by Crippen LogP contribution is -2.51. The summed E-state index contributed by atoms with van der Waals surface area (Å²) in [6, 6.07) is 16.3. The van der Waals surface area contributed by atoms with Gasteiger partial charge in [-0.05, 0) is 84.9 Å². The van der Waals surface area contributed by atoms with Gasteiger partial charge in [-0.25, -0.2) is 0 Å². The summed E-state index contributed by atoms with van der Waals surface area (Å²) in [7, 11) is 1.48. The average molecular weight is 753 g/mol. The second-order valence-corrected chi connectivity index (χ2v) is 14.8. The van der Waals surface area contributed by atoms with Gasteiger partial charge in [0.2, 0.25) is 11.8 Å². The zero-order valence-electron chi connectivity index (χ0n) is 30.5. The Morgan fingerprint density at radius 3 is 2.45 bits per heavy atom. The van der Waals surface area contributed by atoms with Gasteiger partial charge in [0.1, 0.15) is 30.2 Å². The Kier molecular flexibility index (Phi) is 14.2. The fourth-order valence-electron chi connectivity index (χ4n) is 6.60. The summed E-state index contributed by atoms with van der Waals surface area (Å²) in [4.78, 5) is 31.0. The van der Waals surface area contributed by atoms with Crippen LogP contribution in [0.3, 0.4) is 0 Å². The predicted molar refractivity (Wildman–Crippen MR) is 201 cm³/mol. The van der Waals surface area contributed by atoms with E-state index in [2.05, 4.69) is 40.7 Å². The van der Waals surface area contributed by atoms with Crippen molar-refractivity contribution in [2.45, 2.75) is 107 Å². The van der Waals surface area contributed by atoms with Gasteiger partial charge in [-0.15, -0.1) is 0 Å². The molecule has 7 N–H and O–H groups in total. The van der Waals surface area contributed by atoms with Crippen LogP contribution in [0, 0.1) is 0 Å². The molecule has 13 heteroatoms. The second-order valence-electron chi connectivity index (χ2n) is 14.4. The Labute approximate surface area is 316 Å². The molecule has 0 spiro atoms. The van der Waals surface area contributed by atoms with Crippen LogP contribution >= 0.6 is 11.6 Å². The smallest absolute Gasteiger partial charge is 0.222 e. The molecule has 288 valence electrons. The van der Waals surface area contributed by atoms with Crippen LogP contribution in [-0.2, 0) is 21.7 Å². The maximum Gasteiger partial charge on any atom is 0.222 e. The van der Waals surface area contributed by atoms with E-state index in [1.54, 1.807) is 0 Å². The van der Waals surface area contributed by atoms with Crippen molar-refractivity contribution >= 4 is 23.4 Å². The van der Waals surface area contributed by atoms with E-state index >= 15 is 0 Å². The van der Waals surface area contributed by atoms with E-state index in [0.717, 1.165) is 59.3 Å². The van der Waals surface area contributed by atoms with Gasteiger partial charge < -0.3 is 45.8 Å². The highest BCUT2D eigenvalue weighted by atomic mass is 35.5. The number of aromatic nitrogens is 1. The monoisotopic (exact) mass is 752 g/mol. The number of pyridine rings is 1. The highest BCUT2D eigenvalue weighted by Crippen LogP contribution is 2.50. The molecule has 5 atom stereocenters. The van der Waals surface area contributed by atoms with E-state index in [1.165, 1.54) is 11.9 Å². The predicted octanol–water partition coefficient (Wildman–Crippen LogP) is 3.40. The van der Waals surface area contributed by atoms with E-state index in [1.807, 2.05) is 42.7 Å². The molecule has 0 radical (unpaired) electrons. The SMILES string of the molecule is CNC(=O)CCN(C[C@H](O)[C@@H](O)[C@H](O)[C@H](O)CO)C(=O)CCCC(C)c1ccc(Cl)c(CNC2(c3cnccc3-c3ccccc3OC3CC3)CC2)c1. The Hall–Kier alpha value is -3.62. The first-order valence-corrected chi connectivity index (χ1v) is 18.9. The number of ether oxygens (including phenoxy) is 1. The number of carbonyl (C=O) groups is 2. The number of nitrogens with zero attached hydrogens (tertiary/aromatic N) is 2. The molecule has 2 saturated carbocycles. The molecule has 5 rings (SSSR count). The number of hydrogen-bond donors (Lipinski definition) is 7. The molecule has 0 aliphatic heterocycles. The maximum atomic E-state index is 13.3. The highest BCUT2D eigenvalue weighted by Gasteiger charge is 2.46. The first-order valence-electron chi connectivity index (χ1n) is 18.5. The van der Waals surface area contributed by atoms with Gasteiger partial charge in [-0.2, -0.15) is 0 Å². The van der Waals surface area contributed by atoms with Gasteiger partial charge in [0.25, 0.3) is 0 Å². The molecule has 0 bridgehead atoms. The quantitative estimate of drug-likeness (QED) is 0.0852. The van der Waals surface area contributed by atoms with Crippen molar-refractivity contribution in [2.75, 3.05) is 26.7 Å². The topological polar surface area (TPSA) is 185 Å². The van der Waals surface area contributed by atoms with Crippen LogP contribution in [0.15, 0.2) is 60.9 Å². The van der Waals surface area contributed by atoms with Gasteiger partial charge in [0.15, 0.2) is 0 Å². The van der Waals surface area contributed by atoms with Crippen LogP contribution in [0.1, 0.15) is 80.9 Å². The summed E-state index contributed by atoms with van der Waals surface area (Å²) in [6.07, 6.45) is 2.60. The number of benzene rings is 2. The number of aliphatic hydroxyl groups excluding tert-OH is 5. The number of para-hydroxylation sites is 1. The van der Waals surface area contributed by atoms with E-state index < -0.39 is 31.0 Å². The van der Waals surface area contributed by atoms with Crippen molar-refractivity contribution in [1.29, 1.82) is 0 Å². The summed E-state index contributed by atoms with van der Waals surface area (Å²) < 4.78 is 6.26. The Morgan fingerprint density at radius 2 is 1.75 bits per heavy atom. The molecule has 0 saturated heterocycles. The zero-order valence-corrected chi connectivity index (χ0v) is 31.2. The van der Waals surface area contributed by atoms with Crippen LogP contribution < -0.4 is 15.4 Å². The third kappa shape index (κ3) is 10.8. The van der Waals surface area contributed by atoms with Crippen LogP contribution in [0.4, 0.5) is 0 Å². The minimum Gasteiger partial charge on any atom is -0.490 e. The summed E-state index contributed by atoms with van der Waals surface area (Å²) in [6.45, 7) is 1.47. The lowest BCUT2D eigenvalue weighted by Gasteiger charge is -2.30. The number of nitrogens with one attached hydrogen (secondary N) is 2. The molecule has 1 unspecified atom stereocenters. The lowest BCUT2D eigenvalue weighted by atomic mass is 9.93. The molecule has 2 fully saturated rings. The average Bonchev–Trinajstić information content (AvgIpc) is 4.12. The Bertz CT molecular complexity index is 1690. The first kappa shape index (κ1) is 40.6. The van der Waals surface area contributed by atoms with E-state index in [-0.39, 0.29) is 55.3 Å². The van der Waals surface area contributed by atoms with Gasteiger partial charge in [-0.1, -0.05) is 48.9 Å². The normalized spacial score (nSPS) is 17.7. The van der Waals surface area contributed by atoms with Crippen LogP contribution in [0.5, 0.6) is 5.75 Å². The van der Waals surface area contributed by atoms with Crippen molar-refractivity contribution in [1.82, 2.24) is 20.5 Å². The molecule has 1 aromatic heterocycles. The molecule has 1 heterocycles. The van der Waals surface area contributed by atoms with Gasteiger partial charge in [0.05, 0.1) is 12.7 Å². The number of hydrogen-bond acceptors (Lipinski definition) is 10. The Balaban J connectivity index is 1.19. The van der Waals surface area contributed by atoms with Crippen LogP contribution in [0.2, 0.25) is 5.02 Å². The minimum absolute atomic E-state index is 0.00713. The molecule has 3 aromatic rings. The fraction of sp³-hybridized carbons (Fsp3) is 0.525. The summed E-state index contributed by atoms with van der Waals surface area (Å²) in [5.74, 6) is 0.375. The number of amides is 2. The van der Waals surface area contributed by atoms with Gasteiger partial charge in [-0.3, -0.25) is 14.6 Å². The number of aliphatic hydroxyl groups is 5. The van der Waals surface area contributed by atoms with Crippen LogP contribution in [0.25, 0.3) is 11.1 Å². The minimum atomic E-state index is -1.82. The molecular formula is C40H53ClN4O8. The van der Waals surface area contributed by atoms with Crippen molar-refractivity contribution < 1.29 is 39.9 Å².